The molecule has 0 heterocycles. The van der Waals surface area contributed by atoms with Gasteiger partial charge in [0.2, 0.25) is 0 Å². The summed E-state index contributed by atoms with van der Waals surface area (Å²) in [6, 6.07) is 117. The summed E-state index contributed by atoms with van der Waals surface area (Å²) in [5, 5.41) is 7.37. The van der Waals surface area contributed by atoms with Gasteiger partial charge in [-0.05, 0) is 174 Å². The highest BCUT2D eigenvalue weighted by atomic mass is 14.5. The molecule has 0 fully saturated rings. The first kappa shape index (κ1) is 46.2. The molecule has 14 aromatic rings. The second-order valence-corrected chi connectivity index (χ2v) is 21.0. The van der Waals surface area contributed by atoms with Crippen LogP contribution < -0.4 is 0 Å². The minimum atomic E-state index is -0.628. The minimum Gasteiger partial charge on any atom is -0.0622 e. The van der Waals surface area contributed by atoms with E-state index in [0.29, 0.717) is 0 Å². The average molecular weight is 1000 g/mol. The molecule has 15 rings (SSSR count). The summed E-state index contributed by atoms with van der Waals surface area (Å²) in [4.78, 5) is 0. The Balaban J connectivity index is 0.947. The molecule has 1 unspecified atom stereocenters. The zero-order chi connectivity index (χ0) is 52.3. The largest absolute Gasteiger partial charge is 0.0714 e. The van der Waals surface area contributed by atoms with E-state index in [1.807, 2.05) is 0 Å². The van der Waals surface area contributed by atoms with Gasteiger partial charge in [-0.15, -0.1) is 0 Å². The lowest BCUT2D eigenvalue weighted by Crippen LogP contribution is -2.28. The van der Waals surface area contributed by atoms with Crippen molar-refractivity contribution in [2.75, 3.05) is 0 Å². The highest BCUT2D eigenvalue weighted by Crippen LogP contribution is 2.58. The van der Waals surface area contributed by atoms with Gasteiger partial charge in [-0.25, -0.2) is 0 Å². The molecular formula is C79H52. The summed E-state index contributed by atoms with van der Waals surface area (Å²) in [5.41, 5.74) is 23.9. The lowest BCUT2D eigenvalue weighted by atomic mass is 9.67. The van der Waals surface area contributed by atoms with Crippen molar-refractivity contribution in [3.05, 3.63) is 338 Å². The van der Waals surface area contributed by atoms with Gasteiger partial charge >= 0.3 is 0 Å². The molecule has 0 aliphatic heterocycles. The van der Waals surface area contributed by atoms with Crippen molar-refractivity contribution in [3.8, 4) is 89.0 Å². The molecule has 1 aliphatic carbocycles. The molecule has 0 heteroatoms. The first-order valence-electron chi connectivity index (χ1n) is 27.5. The second-order valence-electron chi connectivity index (χ2n) is 21.0. The first-order valence-corrected chi connectivity index (χ1v) is 27.5. The molecule has 368 valence electrons. The van der Waals surface area contributed by atoms with Crippen molar-refractivity contribution in [2.24, 2.45) is 0 Å². The molecule has 0 saturated heterocycles. The molecule has 0 amide bonds. The standard InChI is InChI=1S/C79H52/c1-5-22-53(23-6-1)57-40-43-63(44-41-57)79(64-31-21-30-58(51-64)54-24-7-2-8-25-54)75-39-20-19-34-68(75)69-45-42-59(52-76(69)79)77-70-35-15-17-37-72(70)78(73-38-18-16-36-71(73)77)74-47-46-65(66-32-13-14-33-67(66)74)62-49-60(55-26-9-3-10-27-55)48-61(50-62)56-28-11-4-12-29-56/h1-52H. The van der Waals surface area contributed by atoms with Crippen molar-refractivity contribution in [1.82, 2.24) is 0 Å². The van der Waals surface area contributed by atoms with Crippen molar-refractivity contribution in [2.45, 2.75) is 5.41 Å². The zero-order valence-corrected chi connectivity index (χ0v) is 43.5. The topological polar surface area (TPSA) is 0 Å². The maximum atomic E-state index is 2.54. The van der Waals surface area contributed by atoms with Gasteiger partial charge in [0.1, 0.15) is 0 Å². The zero-order valence-electron chi connectivity index (χ0n) is 43.5. The Morgan fingerprint density at radius 2 is 0.557 bits per heavy atom. The van der Waals surface area contributed by atoms with Crippen molar-refractivity contribution >= 4 is 32.3 Å². The van der Waals surface area contributed by atoms with E-state index in [1.165, 1.54) is 144 Å². The lowest BCUT2D eigenvalue weighted by Gasteiger charge is -2.34. The van der Waals surface area contributed by atoms with Gasteiger partial charge in [0.25, 0.3) is 0 Å². The SMILES string of the molecule is c1ccc(-c2ccc(C3(c4cccc(-c5ccccc5)c4)c4ccccc4-c4ccc(-c5c6ccccc6c(-c6ccc(-c7cc(-c8ccccc8)cc(-c8ccccc8)c7)c7ccccc67)c6ccccc56)cc43)cc2)cc1. The van der Waals surface area contributed by atoms with Gasteiger partial charge in [-0.2, -0.15) is 0 Å². The van der Waals surface area contributed by atoms with Crippen LogP contribution in [0, 0.1) is 0 Å². The van der Waals surface area contributed by atoms with E-state index in [0.717, 1.165) is 0 Å². The molecule has 1 atom stereocenters. The van der Waals surface area contributed by atoms with Crippen LogP contribution >= 0.6 is 0 Å². The molecule has 79 heavy (non-hydrogen) atoms. The summed E-state index contributed by atoms with van der Waals surface area (Å²) < 4.78 is 0. The normalized spacial score (nSPS) is 13.6. The second kappa shape index (κ2) is 19.2. The number of rotatable bonds is 9. The van der Waals surface area contributed by atoms with Crippen LogP contribution in [0.25, 0.3) is 121 Å². The summed E-state index contributed by atoms with van der Waals surface area (Å²) >= 11 is 0. The molecule has 0 aromatic heterocycles. The van der Waals surface area contributed by atoms with Crippen molar-refractivity contribution in [3.63, 3.8) is 0 Å². The summed E-state index contributed by atoms with van der Waals surface area (Å²) in [6.45, 7) is 0. The molecule has 1 aliphatic rings. The van der Waals surface area contributed by atoms with Crippen LogP contribution in [0.3, 0.4) is 0 Å². The molecule has 0 saturated carbocycles. The fourth-order valence-electron chi connectivity index (χ4n) is 13.2. The number of fused-ring (bicyclic) bond motifs is 6. The summed E-state index contributed by atoms with van der Waals surface area (Å²) in [6.07, 6.45) is 0. The first-order chi connectivity index (χ1) is 39.2. The quantitative estimate of drug-likeness (QED) is 0.126. The predicted octanol–water partition coefficient (Wildman–Crippen LogP) is 21.2. The maximum absolute atomic E-state index is 2.54. The Bertz CT molecular complexity index is 4500. The van der Waals surface area contributed by atoms with Crippen molar-refractivity contribution in [1.29, 1.82) is 0 Å². The average Bonchev–Trinajstić information content (AvgIpc) is 3.91. The van der Waals surface area contributed by atoms with Crippen LogP contribution in [0.2, 0.25) is 0 Å². The third-order valence-corrected chi connectivity index (χ3v) is 16.7. The van der Waals surface area contributed by atoms with E-state index in [2.05, 4.69) is 315 Å². The summed E-state index contributed by atoms with van der Waals surface area (Å²) in [7, 11) is 0. The third kappa shape index (κ3) is 7.67. The van der Waals surface area contributed by atoms with E-state index < -0.39 is 5.41 Å². The van der Waals surface area contributed by atoms with E-state index in [-0.39, 0.29) is 0 Å². The van der Waals surface area contributed by atoms with E-state index in [9.17, 15) is 0 Å². The van der Waals surface area contributed by atoms with Gasteiger partial charge in [-0.1, -0.05) is 285 Å². The Morgan fingerprint density at radius 1 is 0.165 bits per heavy atom. The van der Waals surface area contributed by atoms with Crippen LogP contribution in [0.5, 0.6) is 0 Å². The number of hydrogen-bond donors (Lipinski definition) is 0. The molecular weight excluding hydrogens is 949 g/mol. The lowest BCUT2D eigenvalue weighted by molar-refractivity contribution is 0.769. The van der Waals surface area contributed by atoms with E-state index in [1.54, 1.807) is 0 Å². The van der Waals surface area contributed by atoms with E-state index in [4.69, 9.17) is 0 Å². The highest BCUT2D eigenvalue weighted by Gasteiger charge is 2.46. The molecule has 0 spiro atoms. The maximum Gasteiger partial charge on any atom is 0.0714 e. The monoisotopic (exact) mass is 1000 g/mol. The van der Waals surface area contributed by atoms with Crippen LogP contribution in [0.1, 0.15) is 22.3 Å². The van der Waals surface area contributed by atoms with E-state index >= 15 is 0 Å². The van der Waals surface area contributed by atoms with Crippen LogP contribution in [0.15, 0.2) is 315 Å². The van der Waals surface area contributed by atoms with Crippen LogP contribution in [-0.4, -0.2) is 0 Å². The molecule has 0 N–H and O–H groups in total. The predicted molar refractivity (Wildman–Crippen MR) is 334 cm³/mol. The Labute approximate surface area is 461 Å². The molecule has 0 nitrogen and oxygen atoms in total. The molecule has 0 radical (unpaired) electrons. The third-order valence-electron chi connectivity index (χ3n) is 16.7. The van der Waals surface area contributed by atoms with Gasteiger partial charge < -0.3 is 0 Å². The smallest absolute Gasteiger partial charge is 0.0622 e. The highest BCUT2D eigenvalue weighted by molar-refractivity contribution is 6.24. The Kier molecular flexibility index (Phi) is 11.2. The van der Waals surface area contributed by atoms with Gasteiger partial charge in [0.05, 0.1) is 5.41 Å². The number of hydrogen-bond acceptors (Lipinski definition) is 0. The van der Waals surface area contributed by atoms with Crippen molar-refractivity contribution < 1.29 is 0 Å². The van der Waals surface area contributed by atoms with Crippen LogP contribution in [0.4, 0.5) is 0 Å². The minimum absolute atomic E-state index is 0.628. The Hall–Kier alpha value is -10.1. The fraction of sp³-hybridized carbons (Fsp3) is 0.0127. The molecule has 0 bridgehead atoms. The fourth-order valence-corrected chi connectivity index (χ4v) is 13.2. The van der Waals surface area contributed by atoms with Crippen LogP contribution in [-0.2, 0) is 5.41 Å². The van der Waals surface area contributed by atoms with Gasteiger partial charge in [0.15, 0.2) is 0 Å². The van der Waals surface area contributed by atoms with Gasteiger partial charge in [0, 0.05) is 0 Å². The Morgan fingerprint density at radius 3 is 1.14 bits per heavy atom. The number of benzene rings is 14. The molecule has 14 aromatic carbocycles. The summed E-state index contributed by atoms with van der Waals surface area (Å²) in [5.74, 6) is 0. The van der Waals surface area contributed by atoms with Gasteiger partial charge in [-0.3, -0.25) is 0 Å².